The van der Waals surface area contributed by atoms with Crippen LogP contribution in [0.25, 0.3) is 5.82 Å². The van der Waals surface area contributed by atoms with Crippen LogP contribution in [0.4, 0.5) is 0 Å². The van der Waals surface area contributed by atoms with Gasteiger partial charge in [-0.25, -0.2) is 0 Å². The van der Waals surface area contributed by atoms with Crippen molar-refractivity contribution in [3.05, 3.63) is 42.9 Å². The number of nitrogens with zero attached hydrogens (tertiary/aromatic N) is 1. The van der Waals surface area contributed by atoms with Crippen LogP contribution < -0.4 is 0 Å². The van der Waals surface area contributed by atoms with E-state index in [-0.39, 0.29) is 0 Å². The summed E-state index contributed by atoms with van der Waals surface area (Å²) < 4.78 is 2.00. The highest BCUT2D eigenvalue weighted by atomic mass is 15.0. The van der Waals surface area contributed by atoms with Crippen molar-refractivity contribution < 1.29 is 0 Å². The van der Waals surface area contributed by atoms with Crippen LogP contribution in [0.1, 0.15) is 0 Å². The summed E-state index contributed by atoms with van der Waals surface area (Å²) in [6.45, 7) is 0. The van der Waals surface area contributed by atoms with E-state index >= 15 is 0 Å². The van der Waals surface area contributed by atoms with Gasteiger partial charge < -0.3 is 9.55 Å². The number of aromatic amines is 1. The summed E-state index contributed by atoms with van der Waals surface area (Å²) in [5.74, 6) is 1.05. The van der Waals surface area contributed by atoms with Crippen molar-refractivity contribution in [2.75, 3.05) is 0 Å². The van der Waals surface area contributed by atoms with E-state index in [4.69, 9.17) is 0 Å². The molecule has 0 fully saturated rings. The molecule has 0 saturated carbocycles. The lowest BCUT2D eigenvalue weighted by atomic mass is 10.6. The van der Waals surface area contributed by atoms with E-state index in [1.54, 1.807) is 6.20 Å². The lowest BCUT2D eigenvalue weighted by molar-refractivity contribution is 1.03. The van der Waals surface area contributed by atoms with Gasteiger partial charge in [-0.15, -0.1) is 0 Å². The predicted octanol–water partition coefficient (Wildman–Crippen LogP) is 1.61. The summed E-state index contributed by atoms with van der Waals surface area (Å²) >= 11 is 0. The standard InChI is InChI=1S/C8H7N2/c1-2-7-10(6-1)8-4-3-5-9-8/h1-2,4-7,9H. The van der Waals surface area contributed by atoms with E-state index in [9.17, 15) is 0 Å². The fourth-order valence-corrected chi connectivity index (χ4v) is 0.922. The van der Waals surface area contributed by atoms with Crippen molar-refractivity contribution in [3.63, 3.8) is 0 Å². The zero-order valence-electron chi connectivity index (χ0n) is 5.41. The van der Waals surface area contributed by atoms with Crippen LogP contribution in [0.3, 0.4) is 0 Å². The highest BCUT2D eigenvalue weighted by Gasteiger charge is 1.90. The first-order valence-corrected chi connectivity index (χ1v) is 3.14. The third-order valence-corrected chi connectivity index (χ3v) is 1.41. The summed E-state index contributed by atoms with van der Waals surface area (Å²) in [7, 11) is 0. The van der Waals surface area contributed by atoms with Crippen molar-refractivity contribution in [2.45, 2.75) is 0 Å². The van der Waals surface area contributed by atoms with Crippen LogP contribution in [0, 0.1) is 6.07 Å². The normalized spacial score (nSPS) is 10.0. The molecule has 0 amide bonds. The Kier molecular flexibility index (Phi) is 1.10. The van der Waals surface area contributed by atoms with Gasteiger partial charge >= 0.3 is 0 Å². The molecule has 2 rings (SSSR count). The fourth-order valence-electron chi connectivity index (χ4n) is 0.922. The molecule has 2 aromatic heterocycles. The second kappa shape index (κ2) is 2.06. The molecule has 2 aromatic rings. The van der Waals surface area contributed by atoms with Crippen LogP contribution in [0.15, 0.2) is 36.8 Å². The number of nitrogens with one attached hydrogen (secondary N) is 1. The van der Waals surface area contributed by atoms with E-state index in [1.165, 1.54) is 0 Å². The minimum atomic E-state index is 1.05. The largest absolute Gasteiger partial charge is 0.347 e. The lowest BCUT2D eigenvalue weighted by Crippen LogP contribution is -1.87. The first-order chi connectivity index (χ1) is 4.97. The van der Waals surface area contributed by atoms with E-state index in [1.807, 2.05) is 35.2 Å². The average Bonchev–Trinajstić information content (AvgIpc) is 2.59. The van der Waals surface area contributed by atoms with Gasteiger partial charge in [-0.2, -0.15) is 0 Å². The molecule has 10 heavy (non-hydrogen) atoms. The molecule has 2 heteroatoms. The molecule has 0 aliphatic carbocycles. The summed E-state index contributed by atoms with van der Waals surface area (Å²) in [6.07, 6.45) is 5.76. The molecule has 2 heterocycles. The van der Waals surface area contributed by atoms with E-state index in [2.05, 4.69) is 11.1 Å². The van der Waals surface area contributed by atoms with Crippen molar-refractivity contribution in [1.29, 1.82) is 0 Å². The first kappa shape index (κ1) is 5.35. The Morgan fingerprint density at radius 3 is 2.70 bits per heavy atom. The van der Waals surface area contributed by atoms with Gasteiger partial charge in [0.05, 0.1) is 0 Å². The zero-order chi connectivity index (χ0) is 6.81. The SMILES string of the molecule is [c]1c[nH]c(-n2cccc2)c1. The first-order valence-electron chi connectivity index (χ1n) is 3.14. The van der Waals surface area contributed by atoms with Crippen LogP contribution >= 0.6 is 0 Å². The molecule has 0 spiro atoms. The number of hydrogen-bond donors (Lipinski definition) is 1. The van der Waals surface area contributed by atoms with E-state index in [0.29, 0.717) is 0 Å². The summed E-state index contributed by atoms with van der Waals surface area (Å²) in [5, 5.41) is 0. The monoisotopic (exact) mass is 131 g/mol. The molecule has 0 saturated heterocycles. The molecule has 1 radical (unpaired) electrons. The van der Waals surface area contributed by atoms with Gasteiger partial charge in [-0.1, -0.05) is 0 Å². The smallest absolute Gasteiger partial charge is 0.114 e. The highest BCUT2D eigenvalue weighted by molar-refractivity contribution is 5.22. The summed E-state index contributed by atoms with van der Waals surface area (Å²) in [4.78, 5) is 3.05. The molecule has 1 N–H and O–H groups in total. The highest BCUT2D eigenvalue weighted by Crippen LogP contribution is 2.02. The van der Waals surface area contributed by atoms with Gasteiger partial charge in [-0.3, -0.25) is 0 Å². The Hall–Kier alpha value is -1.44. The maximum Gasteiger partial charge on any atom is 0.114 e. The number of hydrogen-bond acceptors (Lipinski definition) is 0. The Balaban J connectivity index is 2.48. The lowest BCUT2D eigenvalue weighted by Gasteiger charge is -1.94. The third kappa shape index (κ3) is 0.739. The summed E-state index contributed by atoms with van der Waals surface area (Å²) in [5.41, 5.74) is 0. The van der Waals surface area contributed by atoms with Gasteiger partial charge in [0.2, 0.25) is 0 Å². The Morgan fingerprint density at radius 1 is 1.30 bits per heavy atom. The number of aromatic nitrogens is 2. The zero-order valence-corrected chi connectivity index (χ0v) is 5.41. The Morgan fingerprint density at radius 2 is 2.10 bits per heavy atom. The van der Waals surface area contributed by atoms with Crippen molar-refractivity contribution >= 4 is 0 Å². The Bertz CT molecular complexity index is 247. The topological polar surface area (TPSA) is 20.7 Å². The molecule has 49 valence electrons. The second-order valence-corrected chi connectivity index (χ2v) is 2.08. The number of rotatable bonds is 1. The Labute approximate surface area is 59.1 Å². The van der Waals surface area contributed by atoms with Crippen molar-refractivity contribution in [1.82, 2.24) is 9.55 Å². The summed E-state index contributed by atoms with van der Waals surface area (Å²) in [6, 6.07) is 8.82. The van der Waals surface area contributed by atoms with Gasteiger partial charge in [0.25, 0.3) is 0 Å². The maximum atomic E-state index is 3.05. The van der Waals surface area contributed by atoms with Gasteiger partial charge in [-0.05, 0) is 18.2 Å². The molecular weight excluding hydrogens is 124 g/mol. The molecule has 0 aliphatic rings. The van der Waals surface area contributed by atoms with Crippen LogP contribution in [-0.4, -0.2) is 9.55 Å². The quantitative estimate of drug-likeness (QED) is 0.607. The molecule has 0 unspecified atom stereocenters. The fraction of sp³-hybridized carbons (Fsp3) is 0. The molecule has 0 bridgehead atoms. The van der Waals surface area contributed by atoms with Crippen LogP contribution in [0.5, 0.6) is 0 Å². The molecule has 0 atom stereocenters. The van der Waals surface area contributed by atoms with Gasteiger partial charge in [0.15, 0.2) is 0 Å². The van der Waals surface area contributed by atoms with Crippen LogP contribution in [0.2, 0.25) is 0 Å². The predicted molar refractivity (Wildman–Crippen MR) is 39.0 cm³/mol. The second-order valence-electron chi connectivity index (χ2n) is 2.08. The minimum Gasteiger partial charge on any atom is -0.347 e. The van der Waals surface area contributed by atoms with Crippen molar-refractivity contribution in [2.24, 2.45) is 0 Å². The molecule has 0 aromatic carbocycles. The van der Waals surface area contributed by atoms with E-state index in [0.717, 1.165) is 5.82 Å². The number of H-pyrrole nitrogens is 1. The minimum absolute atomic E-state index is 1.05. The van der Waals surface area contributed by atoms with Crippen LogP contribution in [-0.2, 0) is 0 Å². The van der Waals surface area contributed by atoms with Gasteiger partial charge in [0.1, 0.15) is 5.82 Å². The van der Waals surface area contributed by atoms with E-state index < -0.39 is 0 Å². The third-order valence-electron chi connectivity index (χ3n) is 1.41. The molecular formula is C8H7N2. The van der Waals surface area contributed by atoms with Gasteiger partial charge in [0, 0.05) is 24.7 Å². The molecule has 2 nitrogen and oxygen atoms in total. The average molecular weight is 131 g/mol. The molecule has 0 aliphatic heterocycles. The maximum absolute atomic E-state index is 3.05. The van der Waals surface area contributed by atoms with Crippen molar-refractivity contribution in [3.8, 4) is 5.82 Å².